The molecule has 0 heterocycles. The molecule has 2 aromatic carbocycles. The molecule has 5 nitrogen and oxygen atoms in total. The van der Waals surface area contributed by atoms with Gasteiger partial charge in [-0.2, -0.15) is 0 Å². The van der Waals surface area contributed by atoms with Crippen LogP contribution in [-0.4, -0.2) is 22.6 Å². The third kappa shape index (κ3) is 4.67. The molecule has 154 valence electrons. The first-order valence-corrected chi connectivity index (χ1v) is 10.7. The van der Waals surface area contributed by atoms with E-state index in [2.05, 4.69) is 25.5 Å². The van der Waals surface area contributed by atoms with Crippen LogP contribution in [-0.2, 0) is 15.4 Å². The number of hydrogen-bond acceptors (Lipinski definition) is 4. The zero-order chi connectivity index (χ0) is 21.3. The molecule has 28 heavy (non-hydrogen) atoms. The molecule has 1 atom stereocenters. The summed E-state index contributed by atoms with van der Waals surface area (Å²) < 4.78 is 39.8. The lowest BCUT2D eigenvalue weighted by molar-refractivity contribution is 0.395. The van der Waals surface area contributed by atoms with Gasteiger partial charge in [-0.05, 0) is 61.1 Å². The van der Waals surface area contributed by atoms with Gasteiger partial charge in [0.2, 0.25) is 10.0 Å². The quantitative estimate of drug-likeness (QED) is 0.759. The SMILES string of the molecule is COc1ccc(OC)c(C(C)NS(=O)(=O)c2c(C)cc(C(C)(C)C)cc2C)c1. The van der Waals surface area contributed by atoms with Gasteiger partial charge in [-0.25, -0.2) is 13.1 Å². The lowest BCUT2D eigenvalue weighted by atomic mass is 9.85. The van der Waals surface area contributed by atoms with E-state index in [0.717, 1.165) is 16.7 Å². The molecule has 0 aliphatic heterocycles. The van der Waals surface area contributed by atoms with Crippen molar-refractivity contribution in [1.29, 1.82) is 0 Å². The van der Waals surface area contributed by atoms with Gasteiger partial charge in [0, 0.05) is 11.6 Å². The third-order valence-electron chi connectivity index (χ3n) is 4.83. The number of benzene rings is 2. The van der Waals surface area contributed by atoms with Crippen molar-refractivity contribution in [1.82, 2.24) is 4.72 Å². The minimum atomic E-state index is -3.72. The number of aryl methyl sites for hydroxylation is 2. The molecular formula is C22H31NO4S. The molecule has 0 fully saturated rings. The number of methoxy groups -OCH3 is 2. The van der Waals surface area contributed by atoms with Crippen LogP contribution in [0.5, 0.6) is 11.5 Å². The zero-order valence-corrected chi connectivity index (χ0v) is 18.8. The van der Waals surface area contributed by atoms with Crippen LogP contribution < -0.4 is 14.2 Å². The first-order chi connectivity index (χ1) is 12.9. The van der Waals surface area contributed by atoms with E-state index < -0.39 is 16.1 Å². The van der Waals surface area contributed by atoms with Crippen LogP contribution in [0.4, 0.5) is 0 Å². The molecule has 0 aliphatic rings. The Labute approximate surface area is 169 Å². The van der Waals surface area contributed by atoms with Crippen molar-refractivity contribution in [3.05, 3.63) is 52.6 Å². The van der Waals surface area contributed by atoms with E-state index in [4.69, 9.17) is 9.47 Å². The molecular weight excluding hydrogens is 374 g/mol. The standard InChI is InChI=1S/C22H31NO4S/c1-14-11-17(22(4,5)6)12-15(2)21(14)28(24,25)23-16(3)19-13-18(26-7)9-10-20(19)27-8/h9-13,16,23H,1-8H3. The summed E-state index contributed by atoms with van der Waals surface area (Å²) in [5.74, 6) is 1.25. The van der Waals surface area contributed by atoms with E-state index in [1.807, 2.05) is 26.0 Å². The number of nitrogens with one attached hydrogen (secondary N) is 1. The van der Waals surface area contributed by atoms with Gasteiger partial charge < -0.3 is 9.47 Å². The Morgan fingerprint density at radius 1 is 0.964 bits per heavy atom. The van der Waals surface area contributed by atoms with Crippen molar-refractivity contribution in [2.45, 2.75) is 57.9 Å². The van der Waals surface area contributed by atoms with E-state index in [0.29, 0.717) is 22.0 Å². The Morgan fingerprint density at radius 2 is 1.54 bits per heavy atom. The summed E-state index contributed by atoms with van der Waals surface area (Å²) in [5, 5.41) is 0. The molecule has 1 N–H and O–H groups in total. The van der Waals surface area contributed by atoms with E-state index in [1.165, 1.54) is 0 Å². The van der Waals surface area contributed by atoms with Crippen molar-refractivity contribution in [2.75, 3.05) is 14.2 Å². The molecule has 2 rings (SSSR count). The third-order valence-corrected chi connectivity index (χ3v) is 6.68. The highest BCUT2D eigenvalue weighted by molar-refractivity contribution is 7.89. The van der Waals surface area contributed by atoms with Crippen molar-refractivity contribution in [2.24, 2.45) is 0 Å². The van der Waals surface area contributed by atoms with Crippen LogP contribution in [0.2, 0.25) is 0 Å². The highest BCUT2D eigenvalue weighted by atomic mass is 32.2. The lowest BCUT2D eigenvalue weighted by Gasteiger charge is -2.23. The minimum absolute atomic E-state index is 0.0491. The minimum Gasteiger partial charge on any atom is -0.497 e. The fourth-order valence-electron chi connectivity index (χ4n) is 3.34. The lowest BCUT2D eigenvalue weighted by Crippen LogP contribution is -2.28. The fourth-order valence-corrected chi connectivity index (χ4v) is 5.02. The zero-order valence-electron chi connectivity index (χ0n) is 18.0. The molecule has 0 bridgehead atoms. The van der Waals surface area contributed by atoms with Gasteiger partial charge in [0.05, 0.1) is 19.1 Å². The second kappa shape index (κ2) is 8.13. The van der Waals surface area contributed by atoms with Crippen LogP contribution in [0.3, 0.4) is 0 Å². The Bertz CT molecular complexity index is 936. The van der Waals surface area contributed by atoms with Crippen LogP contribution in [0.15, 0.2) is 35.2 Å². The van der Waals surface area contributed by atoms with Gasteiger partial charge in [-0.3, -0.25) is 0 Å². The largest absolute Gasteiger partial charge is 0.497 e. The maximum absolute atomic E-state index is 13.2. The molecule has 6 heteroatoms. The first-order valence-electron chi connectivity index (χ1n) is 9.26. The average molecular weight is 406 g/mol. The van der Waals surface area contributed by atoms with Crippen LogP contribution in [0, 0.1) is 13.8 Å². The average Bonchev–Trinajstić information content (AvgIpc) is 2.58. The summed E-state index contributed by atoms with van der Waals surface area (Å²) in [5.41, 5.74) is 3.26. The molecule has 0 aliphatic carbocycles. The first kappa shape index (κ1) is 22.2. The van der Waals surface area contributed by atoms with Crippen molar-refractivity contribution >= 4 is 10.0 Å². The second-order valence-corrected chi connectivity index (χ2v) is 9.79. The summed E-state index contributed by atoms with van der Waals surface area (Å²) in [6.07, 6.45) is 0. The van der Waals surface area contributed by atoms with Gasteiger partial charge in [0.15, 0.2) is 0 Å². The number of hydrogen-bond donors (Lipinski definition) is 1. The topological polar surface area (TPSA) is 64.6 Å². The van der Waals surface area contributed by atoms with E-state index in [9.17, 15) is 8.42 Å². The molecule has 0 saturated carbocycles. The molecule has 2 aromatic rings. The highest BCUT2D eigenvalue weighted by Gasteiger charge is 2.26. The fraction of sp³-hybridized carbons (Fsp3) is 0.455. The molecule has 0 radical (unpaired) electrons. The number of sulfonamides is 1. The summed E-state index contributed by atoms with van der Waals surface area (Å²) in [7, 11) is -0.587. The molecule has 0 saturated heterocycles. The predicted molar refractivity (Wildman–Crippen MR) is 113 cm³/mol. The number of ether oxygens (including phenoxy) is 2. The summed E-state index contributed by atoms with van der Waals surface area (Å²) >= 11 is 0. The summed E-state index contributed by atoms with van der Waals surface area (Å²) in [6.45, 7) is 11.8. The van der Waals surface area contributed by atoms with Gasteiger partial charge in [-0.15, -0.1) is 0 Å². The molecule has 0 amide bonds. The van der Waals surface area contributed by atoms with Crippen molar-refractivity contribution in [3.8, 4) is 11.5 Å². The van der Waals surface area contributed by atoms with Gasteiger partial charge in [0.1, 0.15) is 11.5 Å². The van der Waals surface area contributed by atoms with Crippen molar-refractivity contribution in [3.63, 3.8) is 0 Å². The maximum atomic E-state index is 13.2. The van der Waals surface area contributed by atoms with Crippen LogP contribution in [0.1, 0.15) is 56.0 Å². The predicted octanol–water partition coefficient (Wildman–Crippen LogP) is 4.66. The van der Waals surface area contributed by atoms with Crippen LogP contribution >= 0.6 is 0 Å². The smallest absolute Gasteiger partial charge is 0.241 e. The Morgan fingerprint density at radius 3 is 2.00 bits per heavy atom. The Hall–Kier alpha value is -2.05. The maximum Gasteiger partial charge on any atom is 0.241 e. The number of rotatable bonds is 6. The summed E-state index contributed by atoms with van der Waals surface area (Å²) in [4.78, 5) is 0.328. The van der Waals surface area contributed by atoms with Gasteiger partial charge in [-0.1, -0.05) is 32.9 Å². The molecule has 0 aromatic heterocycles. The molecule has 1 unspecified atom stereocenters. The summed E-state index contributed by atoms with van der Waals surface area (Å²) in [6, 6.07) is 8.76. The van der Waals surface area contributed by atoms with Crippen molar-refractivity contribution < 1.29 is 17.9 Å². The normalized spacial score (nSPS) is 13.3. The Balaban J connectivity index is 2.44. The second-order valence-electron chi connectivity index (χ2n) is 8.14. The van der Waals surface area contributed by atoms with E-state index >= 15 is 0 Å². The van der Waals surface area contributed by atoms with E-state index in [1.54, 1.807) is 39.3 Å². The van der Waals surface area contributed by atoms with E-state index in [-0.39, 0.29) is 5.41 Å². The van der Waals surface area contributed by atoms with Gasteiger partial charge >= 0.3 is 0 Å². The van der Waals surface area contributed by atoms with Crippen LogP contribution in [0.25, 0.3) is 0 Å². The van der Waals surface area contributed by atoms with Gasteiger partial charge in [0.25, 0.3) is 0 Å². The highest BCUT2D eigenvalue weighted by Crippen LogP contribution is 2.32. The monoisotopic (exact) mass is 405 g/mol. The molecule has 0 spiro atoms. The Kier molecular flexibility index (Phi) is 6.46.